The molecule has 0 aromatic carbocycles. The number of hydrogen-bond acceptors (Lipinski definition) is 10. The Morgan fingerprint density at radius 2 is 0.810 bits per heavy atom. The Kier molecular flexibility index (Phi) is 14.3. The van der Waals surface area contributed by atoms with Crippen LogP contribution in [-0.2, 0) is 47.4 Å². The van der Waals surface area contributed by atoms with Crippen LogP contribution in [-0.4, -0.2) is 92.5 Å². The van der Waals surface area contributed by atoms with Gasteiger partial charge in [-0.1, -0.05) is 0 Å². The first-order valence-corrected chi connectivity index (χ1v) is 14.2. The lowest BCUT2D eigenvalue weighted by Crippen LogP contribution is -2.15. The average Bonchev–Trinajstić information content (AvgIpc) is 3.03. The van der Waals surface area contributed by atoms with Gasteiger partial charge in [0.25, 0.3) is 0 Å². The highest BCUT2D eigenvalue weighted by Gasteiger charge is 2.14. The molecule has 0 aromatic rings. The van der Waals surface area contributed by atoms with Crippen molar-refractivity contribution in [2.24, 2.45) is 0 Å². The van der Waals surface area contributed by atoms with E-state index < -0.39 is 0 Å². The number of rotatable bonds is 0. The SMILES string of the molecule is C(C#CC1=C/OCCOCCOCCC2=C(/C=C\1)OCCO2)#CC1=C/OCCOCCOCCC2=C(/C=C\1)OCCO2. The van der Waals surface area contributed by atoms with Crippen molar-refractivity contribution in [3.63, 3.8) is 0 Å². The Morgan fingerprint density at radius 1 is 0.405 bits per heavy atom. The fourth-order valence-electron chi connectivity index (χ4n) is 3.85. The van der Waals surface area contributed by atoms with E-state index in [1.54, 1.807) is 12.5 Å². The third-order valence-electron chi connectivity index (χ3n) is 5.89. The molecule has 42 heavy (non-hydrogen) atoms. The third-order valence-corrected chi connectivity index (χ3v) is 5.89. The average molecular weight is 583 g/mol. The van der Waals surface area contributed by atoms with Gasteiger partial charge in [0.05, 0.1) is 76.5 Å². The van der Waals surface area contributed by atoms with Crippen molar-refractivity contribution < 1.29 is 47.4 Å². The van der Waals surface area contributed by atoms with Crippen LogP contribution in [0.5, 0.6) is 0 Å². The fraction of sp³-hybridized carbons (Fsp3) is 0.500. The van der Waals surface area contributed by atoms with E-state index in [1.807, 2.05) is 24.3 Å². The molecule has 4 rings (SSSR count). The summed E-state index contributed by atoms with van der Waals surface area (Å²) >= 11 is 0. The van der Waals surface area contributed by atoms with Crippen LogP contribution in [0.1, 0.15) is 12.8 Å². The van der Waals surface area contributed by atoms with Gasteiger partial charge in [-0.25, -0.2) is 0 Å². The molecule has 0 fully saturated rings. The maximum absolute atomic E-state index is 5.81. The molecule has 4 aliphatic rings. The van der Waals surface area contributed by atoms with Gasteiger partial charge in [0, 0.05) is 12.8 Å². The number of allylic oxidation sites excluding steroid dienone is 6. The van der Waals surface area contributed by atoms with Crippen LogP contribution in [0.15, 0.2) is 71.0 Å². The van der Waals surface area contributed by atoms with Crippen molar-refractivity contribution in [1.29, 1.82) is 0 Å². The summed E-state index contributed by atoms with van der Waals surface area (Å²) in [6.07, 6.45) is 11.6. The van der Waals surface area contributed by atoms with Gasteiger partial charge in [0.1, 0.15) is 51.2 Å². The lowest BCUT2D eigenvalue weighted by molar-refractivity contribution is 0.0215. The summed E-state index contributed by atoms with van der Waals surface area (Å²) in [5, 5.41) is 0. The summed E-state index contributed by atoms with van der Waals surface area (Å²) in [5.41, 5.74) is 1.22. The molecule has 0 radical (unpaired) electrons. The number of hydrogen-bond donors (Lipinski definition) is 0. The molecule has 226 valence electrons. The maximum Gasteiger partial charge on any atom is 0.157 e. The summed E-state index contributed by atoms with van der Waals surface area (Å²) in [6, 6.07) is 0. The van der Waals surface area contributed by atoms with Gasteiger partial charge in [0.15, 0.2) is 11.5 Å². The molecule has 0 amide bonds. The molecule has 0 aromatic heterocycles. The van der Waals surface area contributed by atoms with E-state index in [2.05, 4.69) is 23.7 Å². The topological polar surface area (TPSA) is 92.3 Å². The Balaban J connectivity index is 1.51. The van der Waals surface area contributed by atoms with E-state index in [0.717, 1.165) is 11.5 Å². The first-order chi connectivity index (χ1) is 20.9. The van der Waals surface area contributed by atoms with Gasteiger partial charge >= 0.3 is 0 Å². The van der Waals surface area contributed by atoms with Gasteiger partial charge in [-0.15, -0.1) is 0 Å². The Morgan fingerprint density at radius 3 is 1.29 bits per heavy atom. The van der Waals surface area contributed by atoms with Crippen LogP contribution in [0, 0.1) is 23.7 Å². The monoisotopic (exact) mass is 582 g/mol. The van der Waals surface area contributed by atoms with Crippen molar-refractivity contribution in [3.05, 3.63) is 71.0 Å². The van der Waals surface area contributed by atoms with Gasteiger partial charge in [-0.3, -0.25) is 0 Å². The molecule has 0 atom stereocenters. The molecule has 4 heterocycles. The lowest BCUT2D eigenvalue weighted by Gasteiger charge is -2.20. The zero-order valence-electron chi connectivity index (χ0n) is 23.9. The third kappa shape index (κ3) is 12.0. The smallest absolute Gasteiger partial charge is 0.157 e. The van der Waals surface area contributed by atoms with E-state index in [0.29, 0.717) is 128 Å². The number of ether oxygens (including phenoxy) is 10. The summed E-state index contributed by atoms with van der Waals surface area (Å²) in [7, 11) is 0. The summed E-state index contributed by atoms with van der Waals surface area (Å²) in [4.78, 5) is 0. The molecular weight excluding hydrogens is 544 g/mol. The predicted molar refractivity (Wildman–Crippen MR) is 152 cm³/mol. The van der Waals surface area contributed by atoms with E-state index in [-0.39, 0.29) is 0 Å². The lowest BCUT2D eigenvalue weighted by atomic mass is 10.2. The second-order valence-electron chi connectivity index (χ2n) is 8.97. The van der Waals surface area contributed by atoms with E-state index in [4.69, 9.17) is 47.4 Å². The molecular formula is C32H38O10. The fourth-order valence-corrected chi connectivity index (χ4v) is 3.85. The van der Waals surface area contributed by atoms with Crippen LogP contribution >= 0.6 is 0 Å². The van der Waals surface area contributed by atoms with Gasteiger partial charge in [-0.05, 0) is 48.0 Å². The Hall–Kier alpha value is -3.80. The molecule has 0 saturated heterocycles. The molecule has 0 unspecified atom stereocenters. The molecule has 0 bridgehead atoms. The molecule has 0 aliphatic carbocycles. The minimum atomic E-state index is 0.382. The van der Waals surface area contributed by atoms with Crippen molar-refractivity contribution in [3.8, 4) is 23.7 Å². The van der Waals surface area contributed by atoms with Gasteiger partial charge in [-0.2, -0.15) is 0 Å². The Bertz CT molecular complexity index is 1080. The van der Waals surface area contributed by atoms with Crippen molar-refractivity contribution >= 4 is 0 Å². The quantitative estimate of drug-likeness (QED) is 0.396. The van der Waals surface area contributed by atoms with Gasteiger partial charge < -0.3 is 47.4 Å². The van der Waals surface area contributed by atoms with Crippen LogP contribution in [0.25, 0.3) is 0 Å². The van der Waals surface area contributed by atoms with Crippen molar-refractivity contribution in [2.75, 3.05) is 92.5 Å². The molecule has 0 N–H and O–H groups in total. The second-order valence-corrected chi connectivity index (χ2v) is 8.97. The Labute approximate surface area is 247 Å². The van der Waals surface area contributed by atoms with Crippen molar-refractivity contribution in [2.45, 2.75) is 12.8 Å². The maximum atomic E-state index is 5.81. The molecule has 10 nitrogen and oxygen atoms in total. The normalized spacial score (nSPS) is 25.5. The van der Waals surface area contributed by atoms with Crippen LogP contribution < -0.4 is 0 Å². The summed E-state index contributed by atoms with van der Waals surface area (Å²) in [6.45, 7) is 6.62. The molecule has 4 aliphatic heterocycles. The van der Waals surface area contributed by atoms with E-state index in [1.165, 1.54) is 0 Å². The van der Waals surface area contributed by atoms with Gasteiger partial charge in [0.2, 0.25) is 0 Å². The van der Waals surface area contributed by atoms with Crippen LogP contribution in [0.2, 0.25) is 0 Å². The highest BCUT2D eigenvalue weighted by atomic mass is 16.6. The van der Waals surface area contributed by atoms with E-state index in [9.17, 15) is 0 Å². The highest BCUT2D eigenvalue weighted by Crippen LogP contribution is 2.20. The first kappa shape index (κ1) is 31.1. The zero-order chi connectivity index (χ0) is 28.9. The summed E-state index contributed by atoms with van der Waals surface area (Å²) < 4.78 is 56.8. The predicted octanol–water partition coefficient (Wildman–Crippen LogP) is 3.30. The standard InChI is InChI=1S/C32H38O10/c1(3-27-5-7-29-31(41-23-21-39-29)9-11-33-13-15-35-17-19-37-25-27)2-4-28-6-8-30-32(42-24-22-40-30)10-12-34-14-16-36-18-20-38-26-28/h5-8,25-26H,9-24H2/b7-5-,8-6-,27-25-,28-26-. The minimum absolute atomic E-state index is 0.382. The first-order valence-electron chi connectivity index (χ1n) is 14.2. The van der Waals surface area contributed by atoms with Crippen LogP contribution in [0.4, 0.5) is 0 Å². The molecule has 10 heteroatoms. The van der Waals surface area contributed by atoms with Crippen molar-refractivity contribution in [1.82, 2.24) is 0 Å². The highest BCUT2D eigenvalue weighted by molar-refractivity contribution is 5.48. The second kappa shape index (κ2) is 19.3. The van der Waals surface area contributed by atoms with Crippen LogP contribution in [0.3, 0.4) is 0 Å². The largest absolute Gasteiger partial charge is 0.497 e. The molecule has 0 spiro atoms. The molecule has 0 saturated carbocycles. The minimum Gasteiger partial charge on any atom is -0.497 e. The van der Waals surface area contributed by atoms with E-state index >= 15 is 0 Å². The zero-order valence-corrected chi connectivity index (χ0v) is 23.9. The summed E-state index contributed by atoms with van der Waals surface area (Å²) in [5.74, 6) is 14.7.